The molecule has 0 spiro atoms. The lowest BCUT2D eigenvalue weighted by molar-refractivity contribution is -0.132. The highest BCUT2D eigenvalue weighted by Gasteiger charge is 2.20. The Labute approximate surface area is 108 Å². The lowest BCUT2D eigenvalue weighted by Crippen LogP contribution is -2.37. The van der Waals surface area contributed by atoms with Crippen molar-refractivity contribution in [3.05, 3.63) is 24.2 Å². The molecular formula is C14H22N2O2. The van der Waals surface area contributed by atoms with Crippen molar-refractivity contribution < 1.29 is 9.21 Å². The molecule has 1 amide bonds. The van der Waals surface area contributed by atoms with Crippen molar-refractivity contribution in [1.29, 1.82) is 0 Å². The molecule has 1 aromatic heterocycles. The van der Waals surface area contributed by atoms with Gasteiger partial charge in [-0.2, -0.15) is 0 Å². The molecule has 1 aromatic rings. The number of carbonyl (C=O) groups is 1. The zero-order chi connectivity index (χ0) is 12.8. The van der Waals surface area contributed by atoms with Gasteiger partial charge in [-0.15, -0.1) is 0 Å². The van der Waals surface area contributed by atoms with E-state index in [0.29, 0.717) is 18.9 Å². The average Bonchev–Trinajstić information content (AvgIpc) is 2.75. The molecule has 100 valence electrons. The van der Waals surface area contributed by atoms with Gasteiger partial charge in [0.1, 0.15) is 5.76 Å². The van der Waals surface area contributed by atoms with Crippen LogP contribution in [-0.4, -0.2) is 37.0 Å². The molecule has 1 unspecified atom stereocenters. The second-order valence-electron chi connectivity index (χ2n) is 4.92. The number of rotatable bonds is 4. The normalized spacial score (nSPS) is 20.4. The predicted octanol–water partition coefficient (Wildman–Crippen LogP) is 1.81. The third kappa shape index (κ3) is 3.60. The minimum atomic E-state index is 0.221. The lowest BCUT2D eigenvalue weighted by atomic mass is 10.1. The Bertz CT molecular complexity index is 354. The second-order valence-corrected chi connectivity index (χ2v) is 4.92. The summed E-state index contributed by atoms with van der Waals surface area (Å²) in [6.07, 6.45) is 6.20. The van der Waals surface area contributed by atoms with Crippen LogP contribution in [0, 0.1) is 0 Å². The van der Waals surface area contributed by atoms with Crippen LogP contribution in [-0.2, 0) is 11.2 Å². The van der Waals surface area contributed by atoms with Crippen LogP contribution in [0.3, 0.4) is 0 Å². The fourth-order valence-electron chi connectivity index (χ4n) is 2.45. The molecule has 4 nitrogen and oxygen atoms in total. The molecule has 1 N–H and O–H groups in total. The number of nitrogens with one attached hydrogen (secondary N) is 1. The van der Waals surface area contributed by atoms with E-state index in [0.717, 1.165) is 38.1 Å². The summed E-state index contributed by atoms with van der Waals surface area (Å²) in [6, 6.07) is 4.17. The largest absolute Gasteiger partial charge is 0.469 e. The van der Waals surface area contributed by atoms with Crippen LogP contribution in [0.4, 0.5) is 0 Å². The summed E-state index contributed by atoms with van der Waals surface area (Å²) in [5.74, 6) is 1.11. The van der Waals surface area contributed by atoms with Gasteiger partial charge in [0.05, 0.1) is 6.26 Å². The Morgan fingerprint density at radius 2 is 2.39 bits per heavy atom. The number of aryl methyl sites for hydroxylation is 1. The zero-order valence-corrected chi connectivity index (χ0v) is 11.0. The third-order valence-electron chi connectivity index (χ3n) is 3.65. The standard InChI is InChI=1S/C14H22N2O2/c1-16(12-4-2-9-15-10-8-12)14(17)7-6-13-5-3-11-18-13/h3,5,11-12,15H,2,4,6-10H2,1H3. The quantitative estimate of drug-likeness (QED) is 0.886. The van der Waals surface area contributed by atoms with Crippen molar-refractivity contribution >= 4 is 5.91 Å². The summed E-state index contributed by atoms with van der Waals surface area (Å²) < 4.78 is 5.25. The number of carbonyl (C=O) groups excluding carboxylic acids is 1. The smallest absolute Gasteiger partial charge is 0.223 e. The van der Waals surface area contributed by atoms with E-state index in [-0.39, 0.29) is 5.91 Å². The molecule has 18 heavy (non-hydrogen) atoms. The van der Waals surface area contributed by atoms with Crippen molar-refractivity contribution in [3.63, 3.8) is 0 Å². The van der Waals surface area contributed by atoms with Crippen molar-refractivity contribution in [2.24, 2.45) is 0 Å². The molecule has 0 saturated carbocycles. The molecule has 0 radical (unpaired) electrons. The molecule has 1 fully saturated rings. The zero-order valence-electron chi connectivity index (χ0n) is 11.0. The van der Waals surface area contributed by atoms with E-state index in [9.17, 15) is 4.79 Å². The summed E-state index contributed by atoms with van der Waals surface area (Å²) in [6.45, 7) is 2.09. The molecule has 2 heterocycles. The van der Waals surface area contributed by atoms with E-state index in [2.05, 4.69) is 5.32 Å². The van der Waals surface area contributed by atoms with Crippen LogP contribution >= 0.6 is 0 Å². The number of hydrogen-bond acceptors (Lipinski definition) is 3. The average molecular weight is 250 g/mol. The van der Waals surface area contributed by atoms with Gasteiger partial charge < -0.3 is 14.6 Å². The van der Waals surface area contributed by atoms with Crippen molar-refractivity contribution in [3.8, 4) is 0 Å². The maximum atomic E-state index is 12.1. The van der Waals surface area contributed by atoms with E-state index in [1.54, 1.807) is 6.26 Å². The number of furan rings is 1. The highest BCUT2D eigenvalue weighted by Crippen LogP contribution is 2.14. The van der Waals surface area contributed by atoms with Gasteiger partial charge in [0.15, 0.2) is 0 Å². The minimum absolute atomic E-state index is 0.221. The van der Waals surface area contributed by atoms with Crippen LogP contribution in [0.1, 0.15) is 31.4 Å². The van der Waals surface area contributed by atoms with E-state index in [1.807, 2.05) is 24.1 Å². The van der Waals surface area contributed by atoms with E-state index >= 15 is 0 Å². The molecule has 0 aromatic carbocycles. The first-order valence-corrected chi connectivity index (χ1v) is 6.76. The highest BCUT2D eigenvalue weighted by atomic mass is 16.3. The lowest BCUT2D eigenvalue weighted by Gasteiger charge is -2.27. The van der Waals surface area contributed by atoms with Crippen molar-refractivity contribution in [2.75, 3.05) is 20.1 Å². The molecule has 0 aliphatic carbocycles. The van der Waals surface area contributed by atoms with Crippen LogP contribution in [0.15, 0.2) is 22.8 Å². The topological polar surface area (TPSA) is 45.5 Å². The summed E-state index contributed by atoms with van der Waals surface area (Å²) in [5.41, 5.74) is 0. The number of nitrogens with zero attached hydrogens (tertiary/aromatic N) is 1. The minimum Gasteiger partial charge on any atom is -0.469 e. The van der Waals surface area contributed by atoms with Gasteiger partial charge in [0.25, 0.3) is 0 Å². The molecule has 1 aliphatic rings. The van der Waals surface area contributed by atoms with E-state index in [4.69, 9.17) is 4.42 Å². The van der Waals surface area contributed by atoms with Gasteiger partial charge in [-0.05, 0) is 44.5 Å². The molecular weight excluding hydrogens is 228 g/mol. The monoisotopic (exact) mass is 250 g/mol. The molecule has 0 bridgehead atoms. The van der Waals surface area contributed by atoms with Crippen LogP contribution < -0.4 is 5.32 Å². The maximum absolute atomic E-state index is 12.1. The molecule has 2 rings (SSSR count). The predicted molar refractivity (Wildman–Crippen MR) is 70.3 cm³/mol. The van der Waals surface area contributed by atoms with Crippen LogP contribution in [0.25, 0.3) is 0 Å². The van der Waals surface area contributed by atoms with Gasteiger partial charge in [0, 0.05) is 25.9 Å². The first kappa shape index (κ1) is 13.1. The van der Waals surface area contributed by atoms with Crippen molar-refractivity contribution in [2.45, 2.75) is 38.1 Å². The first-order chi connectivity index (χ1) is 8.77. The van der Waals surface area contributed by atoms with Crippen molar-refractivity contribution in [1.82, 2.24) is 10.2 Å². The summed E-state index contributed by atoms with van der Waals surface area (Å²) >= 11 is 0. The van der Waals surface area contributed by atoms with E-state index in [1.165, 1.54) is 0 Å². The van der Waals surface area contributed by atoms with Crippen LogP contribution in [0.5, 0.6) is 0 Å². The van der Waals surface area contributed by atoms with E-state index < -0.39 is 0 Å². The fourth-order valence-corrected chi connectivity index (χ4v) is 2.45. The summed E-state index contributed by atoms with van der Waals surface area (Å²) in [7, 11) is 1.93. The molecule has 1 atom stereocenters. The Morgan fingerprint density at radius 3 is 3.17 bits per heavy atom. The Morgan fingerprint density at radius 1 is 1.50 bits per heavy atom. The first-order valence-electron chi connectivity index (χ1n) is 6.76. The summed E-state index contributed by atoms with van der Waals surface area (Å²) in [4.78, 5) is 14.0. The molecule has 1 aliphatic heterocycles. The summed E-state index contributed by atoms with van der Waals surface area (Å²) in [5, 5.41) is 3.37. The van der Waals surface area contributed by atoms with Crippen LogP contribution in [0.2, 0.25) is 0 Å². The fraction of sp³-hybridized carbons (Fsp3) is 0.643. The van der Waals surface area contributed by atoms with Gasteiger partial charge in [0.2, 0.25) is 5.91 Å². The van der Waals surface area contributed by atoms with Gasteiger partial charge in [-0.1, -0.05) is 0 Å². The van der Waals surface area contributed by atoms with Gasteiger partial charge in [-0.25, -0.2) is 0 Å². The SMILES string of the molecule is CN(C(=O)CCc1ccco1)C1CCCNCC1. The Kier molecular flexibility index (Phi) is 4.81. The molecule has 4 heteroatoms. The third-order valence-corrected chi connectivity index (χ3v) is 3.65. The maximum Gasteiger partial charge on any atom is 0.223 e. The van der Waals surface area contributed by atoms with Gasteiger partial charge >= 0.3 is 0 Å². The Balaban J connectivity index is 1.79. The highest BCUT2D eigenvalue weighted by molar-refractivity contribution is 5.76. The number of amides is 1. The van der Waals surface area contributed by atoms with Gasteiger partial charge in [-0.3, -0.25) is 4.79 Å². The Hall–Kier alpha value is -1.29. The number of hydrogen-bond donors (Lipinski definition) is 1. The molecule has 1 saturated heterocycles. The second kappa shape index (κ2) is 6.59.